The second-order valence-electron chi connectivity index (χ2n) is 10.4. The van der Waals surface area contributed by atoms with Gasteiger partial charge in [-0.3, -0.25) is 9.59 Å². The lowest BCUT2D eigenvalue weighted by Crippen LogP contribution is -2.57. The van der Waals surface area contributed by atoms with Crippen LogP contribution in [0.4, 0.5) is 0 Å². The average molecular weight is 516 g/mol. The van der Waals surface area contributed by atoms with Gasteiger partial charge in [0.2, 0.25) is 0 Å². The molecule has 0 aliphatic heterocycles. The Morgan fingerprint density at radius 3 is 1.53 bits per heavy atom. The van der Waals surface area contributed by atoms with E-state index in [1.807, 2.05) is 0 Å². The molecule has 1 saturated carbocycles. The highest BCUT2D eigenvalue weighted by Gasteiger charge is 2.48. The lowest BCUT2D eigenvalue weighted by molar-refractivity contribution is -0.179. The van der Waals surface area contributed by atoms with Gasteiger partial charge in [-0.05, 0) is 39.5 Å². The number of hydrogen-bond acceptors (Lipinski definition) is 8. The van der Waals surface area contributed by atoms with E-state index in [1.54, 1.807) is 0 Å². The van der Waals surface area contributed by atoms with Crippen LogP contribution in [0, 0.1) is 11.8 Å². The Morgan fingerprint density at radius 1 is 0.722 bits per heavy atom. The van der Waals surface area contributed by atoms with Crippen molar-refractivity contribution in [3.8, 4) is 0 Å². The Kier molecular flexibility index (Phi) is 17.3. The number of hydrogen-bond donors (Lipinski definition) is 3. The second kappa shape index (κ2) is 18.9. The molecule has 212 valence electrons. The van der Waals surface area contributed by atoms with Crippen molar-refractivity contribution in [1.82, 2.24) is 4.90 Å². The molecular formula is C28H53NO7. The molecule has 0 aromatic carbocycles. The first kappa shape index (κ1) is 32.8. The minimum Gasteiger partial charge on any atom is -0.465 e. The van der Waals surface area contributed by atoms with Crippen LogP contribution in [0.15, 0.2) is 0 Å². The molecule has 0 bridgehead atoms. The van der Waals surface area contributed by atoms with Crippen molar-refractivity contribution in [3.63, 3.8) is 0 Å². The van der Waals surface area contributed by atoms with Gasteiger partial charge >= 0.3 is 11.9 Å². The molecule has 0 amide bonds. The Balaban J connectivity index is 2.76. The first-order valence-corrected chi connectivity index (χ1v) is 14.4. The summed E-state index contributed by atoms with van der Waals surface area (Å²) in [7, 11) is 0. The molecule has 6 atom stereocenters. The SMILES string of the molecule is CCCCCCCCOC(=O)C1CC(O)C(N(C(C)O)C(C)O)CC1C(=O)OCCCCCCCC. The molecular weight excluding hydrogens is 462 g/mol. The number of rotatable bonds is 19. The van der Waals surface area contributed by atoms with Crippen molar-refractivity contribution in [3.05, 3.63) is 0 Å². The van der Waals surface area contributed by atoms with E-state index in [2.05, 4.69) is 13.8 Å². The lowest BCUT2D eigenvalue weighted by Gasteiger charge is -2.44. The molecule has 0 aromatic heterocycles. The van der Waals surface area contributed by atoms with Gasteiger partial charge in [0.05, 0.1) is 31.2 Å². The van der Waals surface area contributed by atoms with E-state index in [9.17, 15) is 24.9 Å². The Labute approximate surface area is 218 Å². The van der Waals surface area contributed by atoms with Crippen molar-refractivity contribution in [1.29, 1.82) is 0 Å². The largest absolute Gasteiger partial charge is 0.465 e. The van der Waals surface area contributed by atoms with E-state index >= 15 is 0 Å². The maximum Gasteiger partial charge on any atom is 0.309 e. The van der Waals surface area contributed by atoms with Crippen LogP contribution >= 0.6 is 0 Å². The summed E-state index contributed by atoms with van der Waals surface area (Å²) in [5.74, 6) is -2.56. The minimum absolute atomic E-state index is 0.0206. The summed E-state index contributed by atoms with van der Waals surface area (Å²) in [6.45, 7) is 7.94. The number of carbonyl (C=O) groups excluding carboxylic acids is 2. The fourth-order valence-corrected chi connectivity index (χ4v) is 5.20. The summed E-state index contributed by atoms with van der Waals surface area (Å²) in [4.78, 5) is 27.4. The molecule has 3 N–H and O–H groups in total. The predicted molar refractivity (Wildman–Crippen MR) is 140 cm³/mol. The normalized spacial score (nSPS) is 23.9. The van der Waals surface area contributed by atoms with Crippen molar-refractivity contribution in [2.24, 2.45) is 11.8 Å². The molecule has 1 fully saturated rings. The predicted octanol–water partition coefficient (Wildman–Crippen LogP) is 4.53. The van der Waals surface area contributed by atoms with Gasteiger partial charge < -0.3 is 24.8 Å². The number of esters is 2. The van der Waals surface area contributed by atoms with Gasteiger partial charge in [-0.25, -0.2) is 4.90 Å². The summed E-state index contributed by atoms with van der Waals surface area (Å²) in [6.07, 6.45) is 9.93. The quantitative estimate of drug-likeness (QED) is 0.131. The zero-order valence-electron chi connectivity index (χ0n) is 23.2. The van der Waals surface area contributed by atoms with Crippen molar-refractivity contribution in [2.75, 3.05) is 13.2 Å². The van der Waals surface area contributed by atoms with Crippen molar-refractivity contribution >= 4 is 11.9 Å². The van der Waals surface area contributed by atoms with Gasteiger partial charge in [0, 0.05) is 6.04 Å². The smallest absolute Gasteiger partial charge is 0.309 e. The van der Waals surface area contributed by atoms with Crippen LogP contribution in [0.2, 0.25) is 0 Å². The molecule has 8 nitrogen and oxygen atoms in total. The molecule has 0 saturated heterocycles. The monoisotopic (exact) mass is 515 g/mol. The third-order valence-electron chi connectivity index (χ3n) is 7.26. The fraction of sp³-hybridized carbons (Fsp3) is 0.929. The molecule has 0 spiro atoms. The van der Waals surface area contributed by atoms with Gasteiger partial charge in [-0.2, -0.15) is 0 Å². The topological polar surface area (TPSA) is 117 Å². The number of nitrogens with zero attached hydrogens (tertiary/aromatic N) is 1. The van der Waals surface area contributed by atoms with Gasteiger partial charge in [0.1, 0.15) is 12.5 Å². The van der Waals surface area contributed by atoms with Crippen molar-refractivity contribution < 1.29 is 34.4 Å². The highest BCUT2D eigenvalue weighted by Crippen LogP contribution is 2.36. The van der Waals surface area contributed by atoms with E-state index < -0.39 is 48.4 Å². The van der Waals surface area contributed by atoms with Gasteiger partial charge in [0.15, 0.2) is 0 Å². The van der Waals surface area contributed by atoms with E-state index in [-0.39, 0.29) is 12.8 Å². The lowest BCUT2D eigenvalue weighted by atomic mass is 9.74. The van der Waals surface area contributed by atoms with E-state index in [4.69, 9.17) is 9.47 Å². The molecule has 0 aromatic rings. The minimum atomic E-state index is -1.03. The first-order chi connectivity index (χ1) is 17.2. The molecule has 0 heterocycles. The average Bonchev–Trinajstić information content (AvgIpc) is 2.83. The third-order valence-corrected chi connectivity index (χ3v) is 7.26. The summed E-state index contributed by atoms with van der Waals surface area (Å²) >= 11 is 0. The zero-order chi connectivity index (χ0) is 26.9. The number of ether oxygens (including phenoxy) is 2. The van der Waals surface area contributed by atoms with Crippen LogP contribution in [0.25, 0.3) is 0 Å². The first-order valence-electron chi connectivity index (χ1n) is 14.4. The van der Waals surface area contributed by atoms with Gasteiger partial charge in [-0.1, -0.05) is 78.1 Å². The van der Waals surface area contributed by atoms with Crippen LogP contribution in [-0.2, 0) is 19.1 Å². The number of aliphatic hydroxyl groups excluding tert-OH is 3. The molecule has 0 radical (unpaired) electrons. The second-order valence-corrected chi connectivity index (χ2v) is 10.4. The molecule has 1 rings (SSSR count). The van der Waals surface area contributed by atoms with Crippen LogP contribution in [0.5, 0.6) is 0 Å². The van der Waals surface area contributed by atoms with E-state index in [0.717, 1.165) is 38.5 Å². The molecule has 6 unspecified atom stereocenters. The molecule has 1 aliphatic rings. The number of carbonyl (C=O) groups is 2. The van der Waals surface area contributed by atoms with Crippen LogP contribution in [-0.4, -0.2) is 70.0 Å². The van der Waals surface area contributed by atoms with Crippen molar-refractivity contribution in [2.45, 2.75) is 142 Å². The van der Waals surface area contributed by atoms with Crippen LogP contribution < -0.4 is 0 Å². The number of unbranched alkanes of at least 4 members (excludes halogenated alkanes) is 10. The standard InChI is InChI=1S/C28H53NO7/c1-5-7-9-11-13-15-17-35-27(33)23-19-25(29(21(3)30)22(4)31)26(32)20-24(23)28(34)36-18-16-14-12-10-8-6-2/h21-26,30-32H,5-20H2,1-4H3. The molecule has 8 heteroatoms. The Morgan fingerprint density at radius 2 is 1.11 bits per heavy atom. The van der Waals surface area contributed by atoms with Crippen LogP contribution in [0.3, 0.4) is 0 Å². The van der Waals surface area contributed by atoms with E-state index in [0.29, 0.717) is 13.2 Å². The Bertz CT molecular complexity index is 590. The summed E-state index contributed by atoms with van der Waals surface area (Å²) < 4.78 is 11.1. The van der Waals surface area contributed by atoms with Gasteiger partial charge in [-0.15, -0.1) is 0 Å². The number of aliphatic hydroxyl groups is 3. The molecule has 1 aliphatic carbocycles. The maximum atomic E-state index is 13.1. The summed E-state index contributed by atoms with van der Waals surface area (Å²) in [6, 6.07) is -0.681. The summed E-state index contributed by atoms with van der Waals surface area (Å²) in [5.41, 5.74) is 0. The fourth-order valence-electron chi connectivity index (χ4n) is 5.20. The Hall–Kier alpha value is -1.22. The third kappa shape index (κ3) is 11.9. The zero-order valence-corrected chi connectivity index (χ0v) is 23.2. The summed E-state index contributed by atoms with van der Waals surface area (Å²) in [5, 5.41) is 31.2. The van der Waals surface area contributed by atoms with Crippen LogP contribution in [0.1, 0.15) is 118 Å². The van der Waals surface area contributed by atoms with Gasteiger partial charge in [0.25, 0.3) is 0 Å². The highest BCUT2D eigenvalue weighted by molar-refractivity contribution is 5.82. The van der Waals surface area contributed by atoms with E-state index in [1.165, 1.54) is 57.3 Å². The molecule has 36 heavy (non-hydrogen) atoms. The highest BCUT2D eigenvalue weighted by atomic mass is 16.5. The maximum absolute atomic E-state index is 13.1.